The van der Waals surface area contributed by atoms with Gasteiger partial charge >= 0.3 is 0 Å². The van der Waals surface area contributed by atoms with E-state index in [1.54, 1.807) is 0 Å². The molecule has 1 amide bonds. The first-order valence-corrected chi connectivity index (χ1v) is 9.70. The minimum absolute atomic E-state index is 0.00729. The Labute approximate surface area is 158 Å². The van der Waals surface area contributed by atoms with Gasteiger partial charge in [0.1, 0.15) is 0 Å². The van der Waals surface area contributed by atoms with Gasteiger partial charge in [-0.3, -0.25) is 4.79 Å². The highest BCUT2D eigenvalue weighted by atomic mass is 32.2. The average molecular weight is 369 g/mol. The van der Waals surface area contributed by atoms with Crippen molar-refractivity contribution in [3.63, 3.8) is 0 Å². The fourth-order valence-corrected chi connectivity index (χ4v) is 3.44. The van der Waals surface area contributed by atoms with Gasteiger partial charge < -0.3 is 15.0 Å². The van der Waals surface area contributed by atoms with Gasteiger partial charge in [0.25, 0.3) is 0 Å². The Morgan fingerprint density at radius 1 is 1.04 bits per heavy atom. The van der Waals surface area contributed by atoms with Crippen molar-refractivity contribution in [3.05, 3.63) is 66.2 Å². The molecule has 0 atom stereocenters. The molecule has 2 aromatic rings. The lowest BCUT2D eigenvalue weighted by Gasteiger charge is -2.29. The number of amidine groups is 1. The van der Waals surface area contributed by atoms with E-state index in [2.05, 4.69) is 10.2 Å². The van der Waals surface area contributed by atoms with Crippen molar-refractivity contribution in [1.29, 1.82) is 0 Å². The molecule has 0 bridgehead atoms. The first kappa shape index (κ1) is 18.5. The lowest BCUT2D eigenvalue weighted by Crippen LogP contribution is -2.40. The van der Waals surface area contributed by atoms with Gasteiger partial charge in [-0.2, -0.15) is 0 Å². The van der Waals surface area contributed by atoms with Gasteiger partial charge in [0.05, 0.1) is 24.7 Å². The first-order valence-electron chi connectivity index (χ1n) is 8.71. The van der Waals surface area contributed by atoms with E-state index in [0.29, 0.717) is 25.5 Å². The SMILES string of the molecule is O=C(CSC(=Nc1ccccc1)N1CCOCC1)NCc1ccccc1. The molecule has 1 N–H and O–H groups in total. The van der Waals surface area contributed by atoms with E-state index in [1.807, 2.05) is 60.7 Å². The molecule has 26 heavy (non-hydrogen) atoms. The van der Waals surface area contributed by atoms with Gasteiger partial charge in [-0.05, 0) is 17.7 Å². The van der Waals surface area contributed by atoms with E-state index >= 15 is 0 Å². The predicted octanol–water partition coefficient (Wildman–Crippen LogP) is 3.06. The number of aliphatic imine (C=N–C) groups is 1. The fourth-order valence-electron chi connectivity index (χ4n) is 2.54. The van der Waals surface area contributed by atoms with Crippen LogP contribution in [0.5, 0.6) is 0 Å². The van der Waals surface area contributed by atoms with Crippen LogP contribution in [0, 0.1) is 0 Å². The van der Waals surface area contributed by atoms with E-state index in [9.17, 15) is 4.79 Å². The Bertz CT molecular complexity index is 716. The molecule has 0 radical (unpaired) electrons. The molecule has 1 aliphatic heterocycles. The Morgan fingerprint density at radius 3 is 2.38 bits per heavy atom. The molecular weight excluding hydrogens is 346 g/mol. The number of morpholine rings is 1. The molecule has 0 aliphatic carbocycles. The Kier molecular flexibility index (Phi) is 7.10. The van der Waals surface area contributed by atoms with Crippen LogP contribution in [-0.2, 0) is 16.1 Å². The number of carbonyl (C=O) groups excluding carboxylic acids is 1. The van der Waals surface area contributed by atoms with E-state index in [0.717, 1.165) is 29.5 Å². The summed E-state index contributed by atoms with van der Waals surface area (Å²) in [5, 5.41) is 3.83. The van der Waals surface area contributed by atoms with Crippen molar-refractivity contribution in [2.24, 2.45) is 4.99 Å². The third kappa shape index (κ3) is 5.89. The summed E-state index contributed by atoms with van der Waals surface area (Å²) >= 11 is 1.47. The Balaban J connectivity index is 1.58. The van der Waals surface area contributed by atoms with Crippen molar-refractivity contribution in [3.8, 4) is 0 Å². The summed E-state index contributed by atoms with van der Waals surface area (Å²) < 4.78 is 5.43. The van der Waals surface area contributed by atoms with Crippen LogP contribution >= 0.6 is 11.8 Å². The second-order valence-corrected chi connectivity index (χ2v) is 6.82. The minimum Gasteiger partial charge on any atom is -0.378 e. The highest BCUT2D eigenvalue weighted by Gasteiger charge is 2.17. The number of carbonyl (C=O) groups is 1. The molecule has 0 spiro atoms. The number of thioether (sulfide) groups is 1. The zero-order chi connectivity index (χ0) is 18.0. The smallest absolute Gasteiger partial charge is 0.230 e. The van der Waals surface area contributed by atoms with Gasteiger partial charge in [-0.25, -0.2) is 4.99 Å². The summed E-state index contributed by atoms with van der Waals surface area (Å²) in [4.78, 5) is 19.2. The molecule has 1 saturated heterocycles. The zero-order valence-electron chi connectivity index (χ0n) is 14.6. The normalized spacial score (nSPS) is 14.9. The molecule has 6 heteroatoms. The monoisotopic (exact) mass is 369 g/mol. The molecule has 0 aromatic heterocycles. The largest absolute Gasteiger partial charge is 0.378 e. The molecule has 2 aromatic carbocycles. The van der Waals surface area contributed by atoms with Gasteiger partial charge in [-0.1, -0.05) is 60.3 Å². The van der Waals surface area contributed by atoms with Gasteiger partial charge in [0, 0.05) is 19.6 Å². The van der Waals surface area contributed by atoms with Crippen LogP contribution in [0.3, 0.4) is 0 Å². The third-order valence-corrected chi connectivity index (χ3v) is 4.94. The highest BCUT2D eigenvalue weighted by Crippen LogP contribution is 2.18. The lowest BCUT2D eigenvalue weighted by atomic mass is 10.2. The number of ether oxygens (including phenoxy) is 1. The summed E-state index contributed by atoms with van der Waals surface area (Å²) in [6.07, 6.45) is 0. The van der Waals surface area contributed by atoms with Crippen LogP contribution in [0.15, 0.2) is 65.7 Å². The third-order valence-electron chi connectivity index (χ3n) is 3.93. The summed E-state index contributed by atoms with van der Waals surface area (Å²) in [7, 11) is 0. The number of rotatable bonds is 5. The van der Waals surface area contributed by atoms with E-state index < -0.39 is 0 Å². The topological polar surface area (TPSA) is 53.9 Å². The molecule has 0 saturated carbocycles. The molecule has 3 rings (SSSR count). The molecule has 1 heterocycles. The van der Waals surface area contributed by atoms with Crippen molar-refractivity contribution in [1.82, 2.24) is 10.2 Å². The van der Waals surface area contributed by atoms with Crippen LogP contribution in [0.4, 0.5) is 5.69 Å². The number of hydrogen-bond donors (Lipinski definition) is 1. The van der Waals surface area contributed by atoms with E-state index in [1.165, 1.54) is 11.8 Å². The minimum atomic E-state index is 0.00729. The van der Waals surface area contributed by atoms with E-state index in [4.69, 9.17) is 9.73 Å². The van der Waals surface area contributed by atoms with Crippen LogP contribution in [0.2, 0.25) is 0 Å². The average Bonchev–Trinajstić information content (AvgIpc) is 2.72. The quantitative estimate of drug-likeness (QED) is 0.650. The number of nitrogens with one attached hydrogen (secondary N) is 1. The van der Waals surface area contributed by atoms with Crippen molar-refractivity contribution in [2.45, 2.75) is 6.54 Å². The number of hydrogen-bond acceptors (Lipinski definition) is 4. The Hall–Kier alpha value is -2.31. The lowest BCUT2D eigenvalue weighted by molar-refractivity contribution is -0.118. The zero-order valence-corrected chi connectivity index (χ0v) is 15.5. The number of nitrogens with zero attached hydrogens (tertiary/aromatic N) is 2. The van der Waals surface area contributed by atoms with Crippen LogP contribution in [-0.4, -0.2) is 48.0 Å². The first-order chi connectivity index (χ1) is 12.8. The predicted molar refractivity (Wildman–Crippen MR) is 107 cm³/mol. The van der Waals surface area contributed by atoms with E-state index in [-0.39, 0.29) is 5.91 Å². The maximum atomic E-state index is 12.2. The van der Waals surface area contributed by atoms with Crippen LogP contribution in [0.25, 0.3) is 0 Å². The van der Waals surface area contributed by atoms with Gasteiger partial charge in [0.2, 0.25) is 5.91 Å². The van der Waals surface area contributed by atoms with Crippen LogP contribution in [0.1, 0.15) is 5.56 Å². The van der Waals surface area contributed by atoms with Crippen LogP contribution < -0.4 is 5.32 Å². The van der Waals surface area contributed by atoms with Crippen molar-refractivity contribution in [2.75, 3.05) is 32.1 Å². The summed E-state index contributed by atoms with van der Waals surface area (Å²) in [5.74, 6) is 0.350. The second-order valence-electron chi connectivity index (χ2n) is 5.88. The molecule has 136 valence electrons. The second kappa shape index (κ2) is 9.99. The molecule has 0 unspecified atom stereocenters. The summed E-state index contributed by atoms with van der Waals surface area (Å²) in [5.41, 5.74) is 1.99. The molecular formula is C20H23N3O2S. The summed E-state index contributed by atoms with van der Waals surface area (Å²) in [6, 6.07) is 19.8. The maximum Gasteiger partial charge on any atom is 0.230 e. The maximum absolute atomic E-state index is 12.2. The number of para-hydroxylation sites is 1. The fraction of sp³-hybridized carbons (Fsp3) is 0.300. The van der Waals surface area contributed by atoms with Crippen molar-refractivity contribution >= 4 is 28.5 Å². The number of benzene rings is 2. The Morgan fingerprint density at radius 2 is 1.69 bits per heavy atom. The van der Waals surface area contributed by atoms with Crippen molar-refractivity contribution < 1.29 is 9.53 Å². The number of amides is 1. The standard InChI is InChI=1S/C20H23N3O2S/c24-19(21-15-17-7-3-1-4-8-17)16-26-20(23-11-13-25-14-12-23)22-18-9-5-2-6-10-18/h1-10H,11-16H2,(H,21,24). The highest BCUT2D eigenvalue weighted by molar-refractivity contribution is 8.14. The molecule has 5 nitrogen and oxygen atoms in total. The molecule has 1 fully saturated rings. The molecule has 1 aliphatic rings. The van der Waals surface area contributed by atoms with Gasteiger partial charge in [-0.15, -0.1) is 0 Å². The van der Waals surface area contributed by atoms with Gasteiger partial charge in [0.15, 0.2) is 5.17 Å². The summed E-state index contributed by atoms with van der Waals surface area (Å²) in [6.45, 7) is 3.51.